The van der Waals surface area contributed by atoms with Crippen LogP contribution in [0.1, 0.15) is 31.1 Å². The highest BCUT2D eigenvalue weighted by molar-refractivity contribution is 6.21. The van der Waals surface area contributed by atoms with Gasteiger partial charge in [-0.3, -0.25) is 9.59 Å². The second-order valence-corrected chi connectivity index (χ2v) is 4.58. The van der Waals surface area contributed by atoms with E-state index in [9.17, 15) is 27.6 Å². The van der Waals surface area contributed by atoms with Crippen LogP contribution in [0.25, 0.3) is 0 Å². The maximum absolute atomic E-state index is 13.1. The molecule has 0 saturated carbocycles. The summed E-state index contributed by atoms with van der Waals surface area (Å²) in [4.78, 5) is 40.4. The van der Waals surface area contributed by atoms with E-state index in [1.165, 1.54) is 24.3 Å². The zero-order valence-electron chi connectivity index (χ0n) is 11.2. The summed E-state index contributed by atoms with van der Waals surface area (Å²) < 4.78 is 39.1. The van der Waals surface area contributed by atoms with E-state index in [-0.39, 0.29) is 16.2 Å². The van der Waals surface area contributed by atoms with Gasteiger partial charge < -0.3 is 4.84 Å². The zero-order chi connectivity index (χ0) is 16.7. The molecule has 0 aliphatic carbocycles. The molecule has 0 atom stereocenters. The molecule has 1 aliphatic rings. The molecule has 0 aromatic heterocycles. The number of carbonyl (C=O) groups is 3. The molecule has 0 spiro atoms. The number of halogens is 3. The van der Waals surface area contributed by atoms with Crippen molar-refractivity contribution in [3.63, 3.8) is 0 Å². The first kappa shape index (κ1) is 14.8. The van der Waals surface area contributed by atoms with Gasteiger partial charge in [0, 0.05) is 0 Å². The molecule has 23 heavy (non-hydrogen) atoms. The van der Waals surface area contributed by atoms with Crippen LogP contribution in [0.3, 0.4) is 0 Å². The predicted octanol–water partition coefficient (Wildman–Crippen LogP) is 2.47. The Labute approximate surface area is 126 Å². The minimum atomic E-state index is -1.75. The van der Waals surface area contributed by atoms with E-state index in [2.05, 4.69) is 4.84 Å². The van der Waals surface area contributed by atoms with Crippen molar-refractivity contribution in [3.05, 3.63) is 70.5 Å². The third-order valence-electron chi connectivity index (χ3n) is 3.15. The van der Waals surface area contributed by atoms with Crippen molar-refractivity contribution in [2.45, 2.75) is 0 Å². The molecule has 2 aromatic carbocycles. The molecular weight excluding hydrogens is 315 g/mol. The molecule has 0 N–H and O–H groups in total. The summed E-state index contributed by atoms with van der Waals surface area (Å²) >= 11 is 0. The van der Waals surface area contributed by atoms with Crippen molar-refractivity contribution in [3.8, 4) is 0 Å². The van der Waals surface area contributed by atoms with Gasteiger partial charge in [0.05, 0.1) is 16.7 Å². The fourth-order valence-electron chi connectivity index (χ4n) is 2.06. The molecule has 0 fully saturated rings. The molecule has 1 aliphatic heterocycles. The first-order valence-corrected chi connectivity index (χ1v) is 6.25. The Bertz CT molecular complexity index is 808. The van der Waals surface area contributed by atoms with Gasteiger partial charge >= 0.3 is 5.97 Å². The van der Waals surface area contributed by atoms with Crippen LogP contribution in [0.15, 0.2) is 36.4 Å². The number of amides is 2. The summed E-state index contributed by atoms with van der Waals surface area (Å²) in [6, 6.07) is 6.55. The summed E-state index contributed by atoms with van der Waals surface area (Å²) in [5, 5.41) is 0.187. The molecule has 5 nitrogen and oxygen atoms in total. The van der Waals surface area contributed by atoms with Crippen LogP contribution in [0.5, 0.6) is 0 Å². The average Bonchev–Trinajstić information content (AvgIpc) is 2.77. The van der Waals surface area contributed by atoms with Gasteiger partial charge in [-0.25, -0.2) is 18.0 Å². The highest BCUT2D eigenvalue weighted by atomic mass is 19.2. The van der Waals surface area contributed by atoms with Crippen molar-refractivity contribution < 1.29 is 32.4 Å². The largest absolute Gasteiger partial charge is 0.364 e. The van der Waals surface area contributed by atoms with Crippen molar-refractivity contribution >= 4 is 17.8 Å². The lowest BCUT2D eigenvalue weighted by atomic mass is 10.1. The second kappa shape index (κ2) is 5.24. The van der Waals surface area contributed by atoms with E-state index < -0.39 is 40.8 Å². The number of hydrogen-bond acceptors (Lipinski definition) is 4. The second-order valence-electron chi connectivity index (χ2n) is 4.58. The van der Waals surface area contributed by atoms with Gasteiger partial charge in [0.25, 0.3) is 11.8 Å². The number of fused-ring (bicyclic) bond motifs is 1. The van der Waals surface area contributed by atoms with E-state index in [0.29, 0.717) is 12.1 Å². The summed E-state index contributed by atoms with van der Waals surface area (Å²) in [6.45, 7) is 0. The number of benzene rings is 2. The molecule has 8 heteroatoms. The van der Waals surface area contributed by atoms with Gasteiger partial charge in [-0.15, -0.1) is 0 Å². The third-order valence-corrected chi connectivity index (χ3v) is 3.15. The topological polar surface area (TPSA) is 63.7 Å². The quantitative estimate of drug-likeness (QED) is 0.630. The molecule has 0 bridgehead atoms. The number of rotatable bonds is 2. The first-order valence-electron chi connectivity index (χ1n) is 6.25. The Morgan fingerprint density at radius 3 is 1.87 bits per heavy atom. The maximum Gasteiger partial charge on any atom is 0.364 e. The van der Waals surface area contributed by atoms with Crippen LogP contribution in [-0.4, -0.2) is 22.8 Å². The molecule has 116 valence electrons. The number of hydrogen-bond donors (Lipinski definition) is 0. The van der Waals surface area contributed by atoms with Crippen molar-refractivity contribution in [1.82, 2.24) is 5.06 Å². The SMILES string of the molecule is O=C(ON1C(=O)c2ccccc2C1=O)c1cc(F)c(F)c(F)c1. The lowest BCUT2D eigenvalue weighted by Crippen LogP contribution is -2.32. The van der Waals surface area contributed by atoms with Crippen LogP contribution in [-0.2, 0) is 4.84 Å². The van der Waals surface area contributed by atoms with Gasteiger partial charge in [-0.1, -0.05) is 17.2 Å². The Morgan fingerprint density at radius 2 is 1.39 bits per heavy atom. The fraction of sp³-hybridized carbons (Fsp3) is 0. The monoisotopic (exact) mass is 321 g/mol. The third kappa shape index (κ3) is 2.33. The first-order chi connectivity index (χ1) is 10.9. The number of hydroxylamine groups is 2. The standard InChI is InChI=1S/C15H6F3NO4/c16-10-5-7(6-11(17)12(10)18)15(22)23-19-13(20)8-3-1-2-4-9(8)14(19)21/h1-6H. The Morgan fingerprint density at radius 1 is 0.913 bits per heavy atom. The van der Waals surface area contributed by atoms with Crippen LogP contribution in [0, 0.1) is 17.5 Å². The molecular formula is C15H6F3NO4. The molecule has 0 saturated heterocycles. The predicted molar refractivity (Wildman–Crippen MR) is 68.7 cm³/mol. The average molecular weight is 321 g/mol. The smallest absolute Gasteiger partial charge is 0.324 e. The van der Waals surface area contributed by atoms with Gasteiger partial charge in [-0.05, 0) is 24.3 Å². The minimum Gasteiger partial charge on any atom is -0.324 e. The van der Waals surface area contributed by atoms with E-state index in [4.69, 9.17) is 0 Å². The van der Waals surface area contributed by atoms with Crippen LogP contribution >= 0.6 is 0 Å². The van der Waals surface area contributed by atoms with Crippen LogP contribution < -0.4 is 0 Å². The molecule has 2 amide bonds. The summed E-state index contributed by atoms with van der Waals surface area (Å²) in [5.74, 6) is -8.10. The van der Waals surface area contributed by atoms with Crippen LogP contribution in [0.4, 0.5) is 13.2 Å². The molecule has 3 rings (SSSR count). The summed E-state index contributed by atoms with van der Waals surface area (Å²) in [6.07, 6.45) is 0. The Balaban J connectivity index is 1.88. The van der Waals surface area contributed by atoms with Crippen molar-refractivity contribution in [2.75, 3.05) is 0 Å². The molecule has 0 unspecified atom stereocenters. The highest BCUT2D eigenvalue weighted by Gasteiger charge is 2.38. The van der Waals surface area contributed by atoms with E-state index in [0.717, 1.165) is 0 Å². The highest BCUT2D eigenvalue weighted by Crippen LogP contribution is 2.23. The lowest BCUT2D eigenvalue weighted by molar-refractivity contribution is -0.0585. The normalized spacial score (nSPS) is 13.3. The number of nitrogens with zero attached hydrogens (tertiary/aromatic N) is 1. The summed E-state index contributed by atoms with van der Waals surface area (Å²) in [5.41, 5.74) is -0.624. The number of carbonyl (C=O) groups excluding carboxylic acids is 3. The van der Waals surface area contributed by atoms with E-state index in [1.54, 1.807) is 0 Å². The Hall–Kier alpha value is -3.16. The fourth-order valence-corrected chi connectivity index (χ4v) is 2.06. The zero-order valence-corrected chi connectivity index (χ0v) is 11.2. The molecule has 0 radical (unpaired) electrons. The van der Waals surface area contributed by atoms with Gasteiger partial charge in [-0.2, -0.15) is 0 Å². The van der Waals surface area contributed by atoms with Crippen LogP contribution in [0.2, 0.25) is 0 Å². The number of imide groups is 1. The molecule has 2 aromatic rings. The summed E-state index contributed by atoms with van der Waals surface area (Å²) in [7, 11) is 0. The van der Waals surface area contributed by atoms with E-state index >= 15 is 0 Å². The minimum absolute atomic E-state index is 0.0294. The maximum atomic E-state index is 13.1. The van der Waals surface area contributed by atoms with E-state index in [1.807, 2.05) is 0 Å². The molecule has 1 heterocycles. The lowest BCUT2D eigenvalue weighted by Gasteiger charge is -2.12. The van der Waals surface area contributed by atoms with Gasteiger partial charge in [0.1, 0.15) is 0 Å². The van der Waals surface area contributed by atoms with Gasteiger partial charge in [0.15, 0.2) is 17.5 Å². The van der Waals surface area contributed by atoms with Crippen molar-refractivity contribution in [2.24, 2.45) is 0 Å². The van der Waals surface area contributed by atoms with Gasteiger partial charge in [0.2, 0.25) is 0 Å². The Kier molecular flexibility index (Phi) is 3.36. The van der Waals surface area contributed by atoms with Crippen molar-refractivity contribution in [1.29, 1.82) is 0 Å².